The van der Waals surface area contributed by atoms with Gasteiger partial charge in [0.25, 0.3) is 0 Å². The molecule has 7 nitrogen and oxygen atoms in total. The molecular formula is C23H23N5O2. The van der Waals surface area contributed by atoms with Crippen molar-refractivity contribution < 1.29 is 9.53 Å². The summed E-state index contributed by atoms with van der Waals surface area (Å²) in [5, 5.41) is 4.02. The summed E-state index contributed by atoms with van der Waals surface area (Å²) in [7, 11) is 0. The van der Waals surface area contributed by atoms with Crippen molar-refractivity contribution in [3.63, 3.8) is 0 Å². The van der Waals surface area contributed by atoms with Gasteiger partial charge in [-0.25, -0.2) is 14.8 Å². The second-order valence-electron chi connectivity index (χ2n) is 7.58. The van der Waals surface area contributed by atoms with E-state index in [1.165, 1.54) is 16.7 Å². The zero-order valence-electron chi connectivity index (χ0n) is 16.5. The third kappa shape index (κ3) is 4.12. The summed E-state index contributed by atoms with van der Waals surface area (Å²) >= 11 is 0. The highest BCUT2D eigenvalue weighted by molar-refractivity contribution is 5.70. The number of hydrogen-bond donors (Lipinski definition) is 2. The largest absolute Gasteiger partial charge is 0.427 e. The van der Waals surface area contributed by atoms with E-state index in [4.69, 9.17) is 4.74 Å². The summed E-state index contributed by atoms with van der Waals surface area (Å²) in [6.07, 6.45) is 3.98. The summed E-state index contributed by atoms with van der Waals surface area (Å²) in [6.45, 7) is 2.98. The lowest BCUT2D eigenvalue weighted by Crippen LogP contribution is -2.46. The predicted octanol–water partition coefficient (Wildman–Crippen LogP) is 3.49. The number of hydrazine groups is 2. The van der Waals surface area contributed by atoms with Gasteiger partial charge in [0.15, 0.2) is 0 Å². The molecule has 0 radical (unpaired) electrons. The van der Waals surface area contributed by atoms with Crippen LogP contribution in [-0.4, -0.2) is 27.6 Å². The van der Waals surface area contributed by atoms with Crippen molar-refractivity contribution in [2.24, 2.45) is 0 Å². The van der Waals surface area contributed by atoms with Gasteiger partial charge in [0, 0.05) is 38.6 Å². The number of amides is 1. The van der Waals surface area contributed by atoms with Gasteiger partial charge < -0.3 is 10.2 Å². The van der Waals surface area contributed by atoms with Crippen LogP contribution in [0, 0.1) is 0 Å². The van der Waals surface area contributed by atoms with Crippen LogP contribution in [0.2, 0.25) is 0 Å². The molecule has 0 fully saturated rings. The zero-order chi connectivity index (χ0) is 20.3. The Kier molecular flexibility index (Phi) is 5.04. The molecule has 7 heteroatoms. The van der Waals surface area contributed by atoms with E-state index in [0.29, 0.717) is 12.3 Å². The van der Waals surface area contributed by atoms with E-state index in [-0.39, 0.29) is 0 Å². The Morgan fingerprint density at radius 1 is 0.867 bits per heavy atom. The van der Waals surface area contributed by atoms with Crippen LogP contribution < -0.4 is 15.6 Å². The van der Waals surface area contributed by atoms with Crippen LogP contribution in [0.15, 0.2) is 67.0 Å². The number of hydrogen-bond acceptors (Lipinski definition) is 6. The predicted molar refractivity (Wildman–Crippen MR) is 113 cm³/mol. The van der Waals surface area contributed by atoms with Gasteiger partial charge in [0.2, 0.25) is 0 Å². The van der Waals surface area contributed by atoms with Crippen molar-refractivity contribution in [2.45, 2.75) is 26.1 Å². The first-order valence-corrected chi connectivity index (χ1v) is 10.1. The van der Waals surface area contributed by atoms with Gasteiger partial charge >= 0.3 is 6.09 Å². The van der Waals surface area contributed by atoms with E-state index in [9.17, 15) is 4.79 Å². The molecule has 2 aliphatic rings. The number of benzene rings is 2. The fraction of sp³-hybridized carbons (Fsp3) is 0.217. The van der Waals surface area contributed by atoms with Crippen molar-refractivity contribution >= 4 is 11.8 Å². The molecule has 0 spiro atoms. The van der Waals surface area contributed by atoms with Crippen molar-refractivity contribution in [3.05, 3.63) is 89.2 Å². The minimum atomic E-state index is -0.459. The Morgan fingerprint density at radius 3 is 2.47 bits per heavy atom. The zero-order valence-corrected chi connectivity index (χ0v) is 16.5. The number of nitrogens with one attached hydrogen (secondary N) is 2. The van der Waals surface area contributed by atoms with Crippen LogP contribution in [0.5, 0.6) is 5.75 Å². The van der Waals surface area contributed by atoms with E-state index in [0.717, 1.165) is 37.3 Å². The first-order valence-electron chi connectivity index (χ1n) is 10.1. The van der Waals surface area contributed by atoms with Gasteiger partial charge in [-0.15, -0.1) is 0 Å². The third-order valence-corrected chi connectivity index (χ3v) is 5.46. The fourth-order valence-electron chi connectivity index (χ4n) is 3.97. The molecule has 0 saturated carbocycles. The molecular weight excluding hydrogens is 378 g/mol. The minimum absolute atomic E-state index is 0.459. The maximum atomic E-state index is 12.4. The highest BCUT2D eigenvalue weighted by Crippen LogP contribution is 2.27. The van der Waals surface area contributed by atoms with E-state index in [2.05, 4.69) is 39.0 Å². The number of anilines is 1. The number of pyridine rings is 1. The van der Waals surface area contributed by atoms with Crippen LogP contribution in [0.3, 0.4) is 0 Å². The van der Waals surface area contributed by atoms with Crippen LogP contribution in [0.4, 0.5) is 10.5 Å². The molecule has 2 N–H and O–H groups in total. The lowest BCUT2D eigenvalue weighted by molar-refractivity contribution is 0.135. The summed E-state index contributed by atoms with van der Waals surface area (Å²) in [4.78, 5) is 16.4. The number of carbonyl (C=O) groups excluding carboxylic acids is 1. The molecule has 0 atom stereocenters. The van der Waals surface area contributed by atoms with Crippen molar-refractivity contribution in [1.29, 1.82) is 0 Å². The molecule has 3 aromatic rings. The lowest BCUT2D eigenvalue weighted by Gasteiger charge is -2.28. The number of fused-ring (bicyclic) bond motifs is 2. The van der Waals surface area contributed by atoms with E-state index in [1.54, 1.807) is 12.4 Å². The van der Waals surface area contributed by atoms with Gasteiger partial charge in [-0.05, 0) is 52.9 Å². The number of ether oxygens (including phenoxy) is 1. The van der Waals surface area contributed by atoms with Crippen LogP contribution in [0.25, 0.3) is 0 Å². The normalized spacial score (nSPS) is 15.9. The van der Waals surface area contributed by atoms with Gasteiger partial charge in [-0.1, -0.05) is 30.3 Å². The summed E-state index contributed by atoms with van der Waals surface area (Å²) in [5.41, 5.74) is 12.2. The Balaban J connectivity index is 1.17. The molecule has 2 aromatic carbocycles. The molecule has 0 bridgehead atoms. The Morgan fingerprint density at radius 2 is 1.60 bits per heavy atom. The molecule has 0 saturated heterocycles. The summed E-state index contributed by atoms with van der Waals surface area (Å²) < 4.78 is 5.54. The lowest BCUT2D eigenvalue weighted by atomic mass is 10.0. The highest BCUT2D eigenvalue weighted by atomic mass is 16.6. The van der Waals surface area contributed by atoms with Crippen LogP contribution >= 0.6 is 0 Å². The number of rotatable bonds is 4. The van der Waals surface area contributed by atoms with E-state index >= 15 is 0 Å². The average Bonchev–Trinajstić information content (AvgIpc) is 3.16. The standard InChI is InChI=1S/C23H23N5O2/c29-23(26-27-12-9-17-3-1-2-4-18(17)14-27)30-22-6-5-19-15-28(16-20(19)13-22)25-21-7-10-24-11-8-21/h1-8,10-11,13H,9,12,14-16H2,(H,24,25)(H,26,29). The number of nitrogens with zero attached hydrogens (tertiary/aromatic N) is 3. The number of carbonyl (C=O) groups is 1. The number of aromatic nitrogens is 1. The smallest absolute Gasteiger partial charge is 0.409 e. The molecule has 0 aliphatic carbocycles. The fourth-order valence-corrected chi connectivity index (χ4v) is 3.97. The van der Waals surface area contributed by atoms with Gasteiger partial charge in [0.05, 0.1) is 5.69 Å². The van der Waals surface area contributed by atoms with E-state index in [1.807, 2.05) is 41.4 Å². The van der Waals surface area contributed by atoms with Crippen molar-refractivity contribution in [1.82, 2.24) is 20.4 Å². The second kappa shape index (κ2) is 8.14. The van der Waals surface area contributed by atoms with Gasteiger partial charge in [0.1, 0.15) is 5.75 Å². The molecule has 1 aromatic heterocycles. The van der Waals surface area contributed by atoms with Crippen LogP contribution in [0.1, 0.15) is 22.3 Å². The van der Waals surface area contributed by atoms with Gasteiger partial charge in [-0.2, -0.15) is 0 Å². The molecule has 3 heterocycles. The molecule has 1 amide bonds. The third-order valence-electron chi connectivity index (χ3n) is 5.46. The molecule has 0 unspecified atom stereocenters. The first-order chi connectivity index (χ1) is 14.7. The monoisotopic (exact) mass is 401 g/mol. The molecule has 2 aliphatic heterocycles. The van der Waals surface area contributed by atoms with Crippen LogP contribution in [-0.2, 0) is 26.1 Å². The first kappa shape index (κ1) is 18.6. The highest BCUT2D eigenvalue weighted by Gasteiger charge is 2.21. The quantitative estimate of drug-likeness (QED) is 0.698. The Labute approximate surface area is 175 Å². The SMILES string of the molecule is O=C(NN1CCc2ccccc2C1)Oc1ccc2c(c1)CN(Nc1ccncc1)C2. The van der Waals surface area contributed by atoms with Gasteiger partial charge in [-0.3, -0.25) is 10.4 Å². The topological polar surface area (TPSA) is 69.7 Å². The minimum Gasteiger partial charge on any atom is -0.409 e. The molecule has 152 valence electrons. The molecule has 5 rings (SSSR count). The summed E-state index contributed by atoms with van der Waals surface area (Å²) in [6, 6.07) is 18.0. The maximum Gasteiger partial charge on any atom is 0.427 e. The summed E-state index contributed by atoms with van der Waals surface area (Å²) in [5.74, 6) is 0.550. The molecule has 30 heavy (non-hydrogen) atoms. The Bertz CT molecular complexity index is 1060. The average molecular weight is 401 g/mol. The second-order valence-corrected chi connectivity index (χ2v) is 7.58. The maximum absolute atomic E-state index is 12.4. The van der Waals surface area contributed by atoms with Crippen molar-refractivity contribution in [3.8, 4) is 5.75 Å². The van der Waals surface area contributed by atoms with Crippen molar-refractivity contribution in [2.75, 3.05) is 12.0 Å². The Hall–Kier alpha value is -3.42. The van der Waals surface area contributed by atoms with E-state index < -0.39 is 6.09 Å².